The lowest BCUT2D eigenvalue weighted by Gasteiger charge is -2.15. The molecule has 5 nitrogen and oxygen atoms in total. The van der Waals surface area contributed by atoms with Crippen LogP contribution < -0.4 is 10.1 Å². The van der Waals surface area contributed by atoms with Gasteiger partial charge in [0.05, 0.1) is 18.5 Å². The Morgan fingerprint density at radius 1 is 1.48 bits per heavy atom. The number of ether oxygens (including phenoxy) is 1. The maximum absolute atomic E-state index is 13.7. The highest BCUT2D eigenvalue weighted by Crippen LogP contribution is 2.30. The largest absolute Gasteiger partial charge is 0.497 e. The molecule has 0 amide bonds. The van der Waals surface area contributed by atoms with E-state index in [4.69, 9.17) is 4.74 Å². The fraction of sp³-hybridized carbons (Fsp3) is 0.286. The second-order valence-electron chi connectivity index (χ2n) is 4.94. The molecule has 0 saturated heterocycles. The van der Waals surface area contributed by atoms with Gasteiger partial charge in [-0.15, -0.1) is 11.3 Å². The summed E-state index contributed by atoms with van der Waals surface area (Å²) in [6.07, 6.45) is 0. The lowest BCUT2D eigenvalue weighted by Crippen LogP contribution is -2.28. The number of rotatable bonds is 5. The number of halogens is 1. The topological polar surface area (TPSA) is 71.5 Å². The van der Waals surface area contributed by atoms with Crippen LogP contribution in [0.15, 0.2) is 23.6 Å². The SMILES string of the molecule is COc1ccc(F)c(Nc2nc(C(C)(C)C(=O)O)cs2)c1. The lowest BCUT2D eigenvalue weighted by atomic mass is 9.90. The molecular weight excluding hydrogens is 295 g/mol. The molecule has 1 aromatic carbocycles. The van der Waals surface area contributed by atoms with Gasteiger partial charge in [0.2, 0.25) is 0 Å². The molecule has 0 saturated carbocycles. The molecule has 0 aliphatic heterocycles. The molecule has 0 fully saturated rings. The third-order valence-corrected chi connectivity index (χ3v) is 3.85. The van der Waals surface area contributed by atoms with Crippen LogP contribution >= 0.6 is 11.3 Å². The van der Waals surface area contributed by atoms with Crippen LogP contribution in [0.1, 0.15) is 19.5 Å². The average molecular weight is 310 g/mol. The van der Waals surface area contributed by atoms with Crippen molar-refractivity contribution in [1.82, 2.24) is 4.98 Å². The van der Waals surface area contributed by atoms with Gasteiger partial charge in [0, 0.05) is 11.4 Å². The highest BCUT2D eigenvalue weighted by molar-refractivity contribution is 7.13. The number of thiazole rings is 1. The van der Waals surface area contributed by atoms with Gasteiger partial charge in [-0.2, -0.15) is 0 Å². The van der Waals surface area contributed by atoms with Crippen molar-refractivity contribution in [2.24, 2.45) is 0 Å². The fourth-order valence-corrected chi connectivity index (χ4v) is 2.46. The van der Waals surface area contributed by atoms with Crippen LogP contribution in [0.3, 0.4) is 0 Å². The Hall–Kier alpha value is -2.15. The number of nitrogens with zero attached hydrogens (tertiary/aromatic N) is 1. The highest BCUT2D eigenvalue weighted by Gasteiger charge is 2.32. The highest BCUT2D eigenvalue weighted by atomic mass is 32.1. The molecule has 0 radical (unpaired) electrons. The fourth-order valence-electron chi connectivity index (χ4n) is 1.57. The van der Waals surface area contributed by atoms with E-state index in [0.29, 0.717) is 16.6 Å². The van der Waals surface area contributed by atoms with E-state index in [9.17, 15) is 14.3 Å². The van der Waals surface area contributed by atoms with Gasteiger partial charge in [0.1, 0.15) is 17.0 Å². The van der Waals surface area contributed by atoms with Gasteiger partial charge in [-0.05, 0) is 26.0 Å². The van der Waals surface area contributed by atoms with Gasteiger partial charge in [0.25, 0.3) is 0 Å². The van der Waals surface area contributed by atoms with Crippen molar-refractivity contribution in [2.45, 2.75) is 19.3 Å². The van der Waals surface area contributed by atoms with Gasteiger partial charge in [-0.3, -0.25) is 4.79 Å². The van der Waals surface area contributed by atoms with Crippen molar-refractivity contribution in [3.8, 4) is 5.75 Å². The van der Waals surface area contributed by atoms with E-state index >= 15 is 0 Å². The predicted octanol–water partition coefficient (Wildman–Crippen LogP) is 3.40. The molecule has 0 bridgehead atoms. The Kier molecular flexibility index (Phi) is 4.13. The molecule has 0 atom stereocenters. The number of benzene rings is 1. The van der Waals surface area contributed by atoms with Gasteiger partial charge in [0.15, 0.2) is 5.13 Å². The molecule has 0 spiro atoms. The normalized spacial score (nSPS) is 11.2. The zero-order valence-electron chi connectivity index (χ0n) is 11.8. The first kappa shape index (κ1) is 15.2. The van der Waals surface area contributed by atoms with Crippen LogP contribution in [-0.2, 0) is 10.2 Å². The third-order valence-electron chi connectivity index (χ3n) is 3.09. The van der Waals surface area contributed by atoms with Crippen LogP contribution in [0.2, 0.25) is 0 Å². The van der Waals surface area contributed by atoms with E-state index < -0.39 is 17.2 Å². The summed E-state index contributed by atoms with van der Waals surface area (Å²) in [4.78, 5) is 15.4. The molecule has 0 aliphatic carbocycles. The molecule has 21 heavy (non-hydrogen) atoms. The Labute approximate surface area is 125 Å². The van der Waals surface area contributed by atoms with Crippen LogP contribution in [0.5, 0.6) is 5.75 Å². The van der Waals surface area contributed by atoms with Crippen LogP contribution in [0, 0.1) is 5.82 Å². The zero-order chi connectivity index (χ0) is 15.6. The minimum absolute atomic E-state index is 0.225. The number of aromatic nitrogens is 1. The quantitative estimate of drug-likeness (QED) is 0.885. The second-order valence-corrected chi connectivity index (χ2v) is 5.80. The maximum atomic E-state index is 13.7. The van der Waals surface area contributed by atoms with Crippen molar-refractivity contribution < 1.29 is 19.0 Å². The minimum Gasteiger partial charge on any atom is -0.497 e. The average Bonchev–Trinajstić information content (AvgIpc) is 2.90. The number of hydrogen-bond donors (Lipinski definition) is 2. The first-order valence-corrected chi connectivity index (χ1v) is 7.02. The minimum atomic E-state index is -1.09. The van der Waals surface area contributed by atoms with Gasteiger partial charge in [-0.1, -0.05) is 0 Å². The van der Waals surface area contributed by atoms with Gasteiger partial charge >= 0.3 is 5.97 Å². The summed E-state index contributed by atoms with van der Waals surface area (Å²) < 4.78 is 18.8. The molecule has 112 valence electrons. The summed E-state index contributed by atoms with van der Waals surface area (Å²) in [5.41, 5.74) is -0.447. The molecule has 0 aliphatic rings. The summed E-state index contributed by atoms with van der Waals surface area (Å²) in [5, 5.41) is 14.1. The Morgan fingerprint density at radius 2 is 2.19 bits per heavy atom. The van der Waals surface area contributed by atoms with E-state index in [1.165, 1.54) is 36.6 Å². The molecule has 1 heterocycles. The maximum Gasteiger partial charge on any atom is 0.315 e. The standard InChI is InChI=1S/C14H15FN2O3S/c1-14(2,12(18)19)11-7-21-13(17-11)16-10-6-8(20-3)4-5-9(10)15/h4-7H,1-3H3,(H,16,17)(H,18,19). The molecule has 2 N–H and O–H groups in total. The van der Waals surface area contributed by atoms with Crippen molar-refractivity contribution in [1.29, 1.82) is 0 Å². The van der Waals surface area contributed by atoms with Gasteiger partial charge < -0.3 is 15.2 Å². The smallest absolute Gasteiger partial charge is 0.315 e. The molecule has 1 aromatic heterocycles. The number of nitrogens with one attached hydrogen (secondary N) is 1. The number of methoxy groups -OCH3 is 1. The third kappa shape index (κ3) is 3.13. The monoisotopic (exact) mass is 310 g/mol. The number of carboxylic acids is 1. The lowest BCUT2D eigenvalue weighted by molar-refractivity contribution is -0.142. The van der Waals surface area contributed by atoms with Crippen molar-refractivity contribution in [3.05, 3.63) is 35.1 Å². The summed E-state index contributed by atoms with van der Waals surface area (Å²) in [6.45, 7) is 3.14. The van der Waals surface area contributed by atoms with E-state index in [0.717, 1.165) is 0 Å². The summed E-state index contributed by atoms with van der Waals surface area (Å²) in [5.74, 6) is -0.890. The van der Waals surface area contributed by atoms with E-state index in [1.54, 1.807) is 19.2 Å². The number of aliphatic carboxylic acids is 1. The molecular formula is C14H15FN2O3S. The van der Waals surface area contributed by atoms with Crippen LogP contribution in [0.4, 0.5) is 15.2 Å². The predicted molar refractivity (Wildman–Crippen MR) is 79.0 cm³/mol. The first-order valence-electron chi connectivity index (χ1n) is 6.14. The van der Waals surface area contributed by atoms with Crippen LogP contribution in [0.25, 0.3) is 0 Å². The summed E-state index contributed by atoms with van der Waals surface area (Å²) in [7, 11) is 1.49. The summed E-state index contributed by atoms with van der Waals surface area (Å²) >= 11 is 1.22. The van der Waals surface area contributed by atoms with E-state index in [1.807, 2.05) is 0 Å². The molecule has 0 unspecified atom stereocenters. The second kappa shape index (κ2) is 5.69. The van der Waals surface area contributed by atoms with Crippen molar-refractivity contribution in [2.75, 3.05) is 12.4 Å². The number of anilines is 2. The number of hydrogen-bond acceptors (Lipinski definition) is 5. The van der Waals surface area contributed by atoms with Crippen molar-refractivity contribution in [3.63, 3.8) is 0 Å². The van der Waals surface area contributed by atoms with E-state index in [2.05, 4.69) is 10.3 Å². The molecule has 2 aromatic rings. The summed E-state index contributed by atoms with van der Waals surface area (Å²) in [6, 6.07) is 4.32. The van der Waals surface area contributed by atoms with Crippen LogP contribution in [-0.4, -0.2) is 23.2 Å². The molecule has 2 rings (SSSR count). The Morgan fingerprint density at radius 3 is 2.81 bits per heavy atom. The van der Waals surface area contributed by atoms with Gasteiger partial charge in [-0.25, -0.2) is 9.37 Å². The van der Waals surface area contributed by atoms with Crippen molar-refractivity contribution >= 4 is 28.1 Å². The first-order chi connectivity index (χ1) is 9.84. The zero-order valence-corrected chi connectivity index (χ0v) is 12.6. The molecule has 7 heteroatoms. The Bertz CT molecular complexity index is 670. The number of carboxylic acid groups (broad SMARTS) is 1. The Balaban J connectivity index is 2.26. The number of carbonyl (C=O) groups is 1. The van der Waals surface area contributed by atoms with E-state index in [-0.39, 0.29) is 5.69 Å².